The van der Waals surface area contributed by atoms with Crippen LogP contribution in [-0.2, 0) is 32.6 Å². The van der Waals surface area contributed by atoms with E-state index in [4.69, 9.17) is 31.9 Å². The zero-order chi connectivity index (χ0) is 15.9. The lowest BCUT2D eigenvalue weighted by Crippen LogP contribution is -2.39. The van der Waals surface area contributed by atoms with Crippen molar-refractivity contribution in [2.75, 3.05) is 40.8 Å². The first kappa shape index (κ1) is 19.0. The number of aliphatic hydroxyl groups is 1. The Morgan fingerprint density at radius 1 is 1.38 bits per heavy atom. The number of phosphoric ester groups is 1. The first-order valence-electron chi connectivity index (χ1n) is 6.20. The predicted molar refractivity (Wildman–Crippen MR) is 68.6 cm³/mol. The number of hydrogen-bond acceptors (Lipinski definition) is 9. The molecule has 21 heavy (non-hydrogen) atoms. The molecule has 1 aliphatic heterocycles. The molecule has 0 aliphatic carbocycles. The van der Waals surface area contributed by atoms with Crippen molar-refractivity contribution in [2.24, 2.45) is 0 Å². The molecule has 0 bridgehead atoms. The van der Waals surface area contributed by atoms with Crippen LogP contribution in [0.4, 0.5) is 0 Å². The van der Waals surface area contributed by atoms with E-state index in [1.54, 1.807) is 0 Å². The average Bonchev–Trinajstić information content (AvgIpc) is 2.77. The molecule has 2 unspecified atom stereocenters. The summed E-state index contributed by atoms with van der Waals surface area (Å²) < 4.78 is 40.9. The summed E-state index contributed by atoms with van der Waals surface area (Å²) in [7, 11) is 3.81. The summed E-state index contributed by atoms with van der Waals surface area (Å²) in [5.74, 6) is 0. The average molecular weight is 325 g/mol. The molecule has 1 aliphatic rings. The van der Waals surface area contributed by atoms with Gasteiger partial charge in [0.15, 0.2) is 0 Å². The van der Waals surface area contributed by atoms with Crippen molar-refractivity contribution in [1.82, 2.24) is 0 Å². The van der Waals surface area contributed by atoms with Gasteiger partial charge in [-0.1, -0.05) is 0 Å². The van der Waals surface area contributed by atoms with Gasteiger partial charge in [0.05, 0.1) is 19.8 Å². The Bertz CT molecular complexity index is 344. The van der Waals surface area contributed by atoms with Crippen LogP contribution in [0.25, 0.3) is 0 Å². The lowest BCUT2D eigenvalue weighted by atomic mass is 9.93. The maximum atomic E-state index is 11.1. The molecule has 1 fully saturated rings. The first-order valence-corrected chi connectivity index (χ1v) is 7.66. The van der Waals surface area contributed by atoms with Crippen LogP contribution in [0.15, 0.2) is 0 Å². The van der Waals surface area contributed by atoms with E-state index in [2.05, 4.69) is 9.05 Å². The highest BCUT2D eigenvalue weighted by atomic mass is 31.2. The summed E-state index contributed by atoms with van der Waals surface area (Å²) in [6, 6.07) is -0.824. The molecule has 2 radical (unpaired) electrons. The zero-order valence-electron chi connectivity index (χ0n) is 11.9. The van der Waals surface area contributed by atoms with Crippen LogP contribution in [-0.4, -0.2) is 78.1 Å². The minimum absolute atomic E-state index is 0.103. The van der Waals surface area contributed by atoms with Gasteiger partial charge in [-0.15, -0.1) is 0 Å². The molecule has 9 nitrogen and oxygen atoms in total. The van der Waals surface area contributed by atoms with Crippen molar-refractivity contribution in [3.05, 3.63) is 0 Å². The maximum Gasteiger partial charge on any atom is 0.267 e. The second-order valence-electron chi connectivity index (χ2n) is 4.15. The number of methoxy groups -OCH3 is 1. The third-order valence-electron chi connectivity index (χ3n) is 2.82. The second-order valence-corrected chi connectivity index (χ2v) is 5.66. The molecule has 5 atom stereocenters. The van der Waals surface area contributed by atoms with Crippen molar-refractivity contribution in [2.45, 2.75) is 24.3 Å². The number of ether oxygens (including phenoxy) is 4. The largest absolute Gasteiger partial charge is 0.756 e. The van der Waals surface area contributed by atoms with Gasteiger partial charge in [-0.2, -0.15) is 0 Å². The molecular formula is C10H19BO9P-. The third kappa shape index (κ3) is 5.94. The van der Waals surface area contributed by atoms with Crippen molar-refractivity contribution < 1.29 is 42.6 Å². The van der Waals surface area contributed by atoms with E-state index in [0.29, 0.717) is 0 Å². The summed E-state index contributed by atoms with van der Waals surface area (Å²) in [5, 5.41) is 8.58. The summed E-state index contributed by atoms with van der Waals surface area (Å²) in [5.41, 5.74) is 0. The van der Waals surface area contributed by atoms with Crippen LogP contribution in [0.5, 0.6) is 0 Å². The van der Waals surface area contributed by atoms with Gasteiger partial charge in [0.1, 0.15) is 33.0 Å². The van der Waals surface area contributed by atoms with Crippen LogP contribution >= 0.6 is 7.82 Å². The lowest BCUT2D eigenvalue weighted by Gasteiger charge is -2.25. The van der Waals surface area contributed by atoms with Crippen LogP contribution in [0.2, 0.25) is 0 Å². The highest BCUT2D eigenvalue weighted by Crippen LogP contribution is 2.38. The molecule has 0 amide bonds. The highest BCUT2D eigenvalue weighted by molar-refractivity contribution is 7.45. The van der Waals surface area contributed by atoms with Gasteiger partial charge in [-0.25, -0.2) is 0 Å². The zero-order valence-corrected chi connectivity index (χ0v) is 12.8. The normalized spacial score (nSPS) is 32.2. The van der Waals surface area contributed by atoms with E-state index in [0.717, 1.165) is 7.11 Å². The van der Waals surface area contributed by atoms with Crippen LogP contribution in [0.1, 0.15) is 0 Å². The molecule has 11 heteroatoms. The fourth-order valence-electron chi connectivity index (χ4n) is 1.83. The molecular weight excluding hydrogens is 306 g/mol. The van der Waals surface area contributed by atoms with Crippen molar-refractivity contribution >= 4 is 15.7 Å². The van der Waals surface area contributed by atoms with Crippen molar-refractivity contribution in [3.63, 3.8) is 0 Å². The van der Waals surface area contributed by atoms with Crippen LogP contribution in [0, 0.1) is 0 Å². The topological polar surface area (TPSA) is 116 Å². The molecule has 0 aromatic rings. The molecule has 1 heterocycles. The first-order chi connectivity index (χ1) is 9.95. The standard InChI is InChI=1S/C10H20BO9P/c1-15-8-7(5-19-21(13,14)16-2)20-10(11)9(8)18-6-17-4-3-12/h7-10,12H,3-6H2,1-2H3,(H,13,14)/p-1/t7-,8+,9?,10-/m1/s1. The minimum atomic E-state index is -4.35. The summed E-state index contributed by atoms with van der Waals surface area (Å²) in [4.78, 5) is 11.1. The van der Waals surface area contributed by atoms with Gasteiger partial charge in [0, 0.05) is 20.2 Å². The minimum Gasteiger partial charge on any atom is -0.756 e. The monoisotopic (exact) mass is 325 g/mol. The highest BCUT2D eigenvalue weighted by Gasteiger charge is 2.43. The predicted octanol–water partition coefficient (Wildman–Crippen LogP) is -1.62. The van der Waals surface area contributed by atoms with E-state index >= 15 is 0 Å². The molecule has 1 N–H and O–H groups in total. The second kappa shape index (κ2) is 9.19. The number of aliphatic hydroxyl groups excluding tert-OH is 1. The number of phosphoric acid groups is 1. The molecule has 0 aromatic heterocycles. The van der Waals surface area contributed by atoms with Crippen LogP contribution in [0.3, 0.4) is 0 Å². The van der Waals surface area contributed by atoms with Crippen LogP contribution < -0.4 is 4.89 Å². The van der Waals surface area contributed by atoms with E-state index in [-0.39, 0.29) is 26.6 Å². The quantitative estimate of drug-likeness (QED) is 0.219. The SMILES string of the molecule is [B][C@@H]1O[C@H](COP(=O)([O-])OC)[C@H](OC)C1OCOCCO. The van der Waals surface area contributed by atoms with Gasteiger partial charge in [0.2, 0.25) is 0 Å². The molecule has 0 saturated carbocycles. The molecule has 0 aromatic carbocycles. The van der Waals surface area contributed by atoms with Gasteiger partial charge < -0.3 is 38.0 Å². The fraction of sp³-hybridized carbons (Fsp3) is 1.00. The number of rotatable bonds is 10. The Morgan fingerprint density at radius 2 is 2.10 bits per heavy atom. The Balaban J connectivity index is 2.50. The smallest absolute Gasteiger partial charge is 0.267 e. The molecule has 1 rings (SSSR count). The molecule has 1 saturated heterocycles. The molecule has 0 spiro atoms. The molecule has 122 valence electrons. The lowest BCUT2D eigenvalue weighted by molar-refractivity contribution is -0.225. The van der Waals surface area contributed by atoms with E-state index in [1.165, 1.54) is 7.11 Å². The van der Waals surface area contributed by atoms with Gasteiger partial charge in [0.25, 0.3) is 7.82 Å². The van der Waals surface area contributed by atoms with Crippen molar-refractivity contribution in [1.29, 1.82) is 0 Å². The van der Waals surface area contributed by atoms with E-state index in [1.807, 2.05) is 0 Å². The third-order valence-corrected chi connectivity index (χ3v) is 3.73. The van der Waals surface area contributed by atoms with E-state index < -0.39 is 32.1 Å². The summed E-state index contributed by atoms with van der Waals surface area (Å²) >= 11 is 0. The van der Waals surface area contributed by atoms with Crippen molar-refractivity contribution in [3.8, 4) is 0 Å². The van der Waals surface area contributed by atoms with Gasteiger partial charge in [-0.3, -0.25) is 4.57 Å². The maximum absolute atomic E-state index is 11.1. The summed E-state index contributed by atoms with van der Waals surface area (Å²) in [6.45, 7) is -0.414. The summed E-state index contributed by atoms with van der Waals surface area (Å²) in [6.07, 6.45) is -2.02. The Morgan fingerprint density at radius 3 is 2.67 bits per heavy atom. The van der Waals surface area contributed by atoms with Gasteiger partial charge in [-0.05, 0) is 0 Å². The number of hydrogen-bond donors (Lipinski definition) is 1. The van der Waals surface area contributed by atoms with E-state index in [9.17, 15) is 9.46 Å². The van der Waals surface area contributed by atoms with Gasteiger partial charge >= 0.3 is 0 Å². The Labute approximate surface area is 124 Å². The Kier molecular flexibility index (Phi) is 8.32. The fourth-order valence-corrected chi connectivity index (χ4v) is 2.27. The Hall–Kier alpha value is -0.0251.